The molecule has 0 bridgehead atoms. The lowest BCUT2D eigenvalue weighted by Crippen LogP contribution is -2.47. The number of carbonyl (C=O) groups excluding carboxylic acids is 2. The Bertz CT molecular complexity index is 1410. The second-order valence-corrected chi connectivity index (χ2v) is 9.02. The molecule has 0 aliphatic carbocycles. The molecule has 2 amide bonds. The Balaban J connectivity index is 1.47. The molecule has 1 N–H and O–H groups in total. The maximum atomic E-state index is 13.6. The summed E-state index contributed by atoms with van der Waals surface area (Å²) < 4.78 is 38.3. The van der Waals surface area contributed by atoms with Gasteiger partial charge in [0, 0.05) is 24.1 Å². The standard InChI is InChI=1S/C28H25F2N3O4/c1-16(13-17-7-9-20(29)21(30)14-17)27(34)32-26-28(35)33(2)22-6-4-3-5-19(22)25(31-26)18-8-10-23-24(15-18)37-12-11-36-23/h3-10,14-16,26H,11-13H2,1-2H3,(H,32,34)/t16-,26+/m0/s1. The number of hydrogen-bond acceptors (Lipinski definition) is 5. The van der Waals surface area contributed by atoms with Crippen molar-refractivity contribution in [3.63, 3.8) is 0 Å². The maximum Gasteiger partial charge on any atom is 0.272 e. The van der Waals surface area contributed by atoms with Gasteiger partial charge < -0.3 is 19.7 Å². The molecule has 37 heavy (non-hydrogen) atoms. The maximum absolute atomic E-state index is 13.6. The van der Waals surface area contributed by atoms with Crippen molar-refractivity contribution in [1.82, 2.24) is 5.32 Å². The van der Waals surface area contributed by atoms with E-state index in [0.29, 0.717) is 47.2 Å². The molecule has 2 atom stereocenters. The average molecular weight is 506 g/mol. The number of nitrogens with zero attached hydrogens (tertiary/aromatic N) is 2. The van der Waals surface area contributed by atoms with Gasteiger partial charge in [0.2, 0.25) is 12.1 Å². The first-order valence-corrected chi connectivity index (χ1v) is 11.9. The van der Waals surface area contributed by atoms with Crippen molar-refractivity contribution >= 4 is 23.2 Å². The largest absolute Gasteiger partial charge is 0.486 e. The molecule has 2 heterocycles. The zero-order valence-corrected chi connectivity index (χ0v) is 20.3. The predicted molar refractivity (Wildman–Crippen MR) is 134 cm³/mol. The van der Waals surface area contributed by atoms with Gasteiger partial charge in [-0.15, -0.1) is 0 Å². The van der Waals surface area contributed by atoms with Crippen LogP contribution < -0.4 is 19.7 Å². The number of amides is 2. The van der Waals surface area contributed by atoms with Gasteiger partial charge in [-0.2, -0.15) is 0 Å². The highest BCUT2D eigenvalue weighted by Gasteiger charge is 2.32. The molecule has 5 rings (SSSR count). The van der Waals surface area contributed by atoms with Crippen LogP contribution in [0.4, 0.5) is 14.5 Å². The van der Waals surface area contributed by atoms with Crippen LogP contribution in [-0.4, -0.2) is 44.0 Å². The highest BCUT2D eigenvalue weighted by molar-refractivity contribution is 6.20. The van der Waals surface area contributed by atoms with Crippen LogP contribution in [0.25, 0.3) is 0 Å². The van der Waals surface area contributed by atoms with Crippen molar-refractivity contribution in [2.75, 3.05) is 25.2 Å². The first kappa shape index (κ1) is 24.4. The summed E-state index contributed by atoms with van der Waals surface area (Å²) in [4.78, 5) is 32.6. The number of benzodiazepines with no additional fused rings is 1. The first-order chi connectivity index (χ1) is 17.8. The highest BCUT2D eigenvalue weighted by atomic mass is 19.2. The fourth-order valence-corrected chi connectivity index (χ4v) is 4.43. The van der Waals surface area contributed by atoms with E-state index in [9.17, 15) is 18.4 Å². The summed E-state index contributed by atoms with van der Waals surface area (Å²) >= 11 is 0. The molecule has 7 nitrogen and oxygen atoms in total. The molecular weight excluding hydrogens is 480 g/mol. The molecule has 0 saturated carbocycles. The molecule has 190 valence electrons. The summed E-state index contributed by atoms with van der Waals surface area (Å²) in [5, 5.41) is 2.74. The Morgan fingerprint density at radius 3 is 2.59 bits per heavy atom. The minimum absolute atomic E-state index is 0.165. The fraction of sp³-hybridized carbons (Fsp3) is 0.250. The predicted octanol–water partition coefficient (Wildman–Crippen LogP) is 3.87. The van der Waals surface area contributed by atoms with Gasteiger partial charge in [-0.25, -0.2) is 13.8 Å². The number of para-hydroxylation sites is 1. The number of hydrogen-bond donors (Lipinski definition) is 1. The molecule has 0 fully saturated rings. The molecule has 0 saturated heterocycles. The van der Waals surface area contributed by atoms with Crippen molar-refractivity contribution in [3.05, 3.63) is 89.0 Å². The normalized spacial score (nSPS) is 17.4. The van der Waals surface area contributed by atoms with Gasteiger partial charge in [0.05, 0.1) is 11.4 Å². The third-order valence-electron chi connectivity index (χ3n) is 6.41. The number of halogens is 2. The summed E-state index contributed by atoms with van der Waals surface area (Å²) in [6, 6.07) is 16.3. The number of fused-ring (bicyclic) bond motifs is 2. The quantitative estimate of drug-likeness (QED) is 0.571. The van der Waals surface area contributed by atoms with Crippen molar-refractivity contribution in [2.24, 2.45) is 10.9 Å². The van der Waals surface area contributed by atoms with E-state index < -0.39 is 35.5 Å². The Hall–Kier alpha value is -4.27. The number of ether oxygens (including phenoxy) is 2. The zero-order valence-electron chi connectivity index (χ0n) is 20.3. The van der Waals surface area contributed by atoms with Gasteiger partial charge in [-0.1, -0.05) is 31.2 Å². The van der Waals surface area contributed by atoms with E-state index in [2.05, 4.69) is 5.32 Å². The summed E-state index contributed by atoms with van der Waals surface area (Å²) in [6.07, 6.45) is -1.03. The van der Waals surface area contributed by atoms with Crippen molar-refractivity contribution in [1.29, 1.82) is 0 Å². The van der Waals surface area contributed by atoms with Crippen molar-refractivity contribution < 1.29 is 27.8 Å². The molecule has 3 aromatic carbocycles. The third-order valence-corrected chi connectivity index (χ3v) is 6.41. The average Bonchev–Trinajstić information content (AvgIpc) is 3.01. The van der Waals surface area contributed by atoms with Gasteiger partial charge in [0.15, 0.2) is 23.1 Å². The molecule has 2 aliphatic rings. The van der Waals surface area contributed by atoms with Crippen LogP contribution >= 0.6 is 0 Å². The molecule has 0 unspecified atom stereocenters. The van der Waals surface area contributed by atoms with Gasteiger partial charge in [-0.3, -0.25) is 9.59 Å². The third kappa shape index (κ3) is 4.89. The Morgan fingerprint density at radius 2 is 1.81 bits per heavy atom. The van der Waals surface area contributed by atoms with Crippen molar-refractivity contribution in [2.45, 2.75) is 19.5 Å². The second kappa shape index (κ2) is 10.0. The number of anilines is 1. The van der Waals surface area contributed by atoms with E-state index in [1.54, 1.807) is 20.0 Å². The number of likely N-dealkylation sites (N-methyl/N-ethyl adjacent to an activating group) is 1. The van der Waals surface area contributed by atoms with Gasteiger partial charge >= 0.3 is 0 Å². The lowest BCUT2D eigenvalue weighted by atomic mass is 9.99. The van der Waals surface area contributed by atoms with Crippen LogP contribution in [0.1, 0.15) is 23.6 Å². The molecule has 0 spiro atoms. The minimum Gasteiger partial charge on any atom is -0.486 e. The van der Waals surface area contributed by atoms with Crippen LogP contribution in [-0.2, 0) is 16.0 Å². The monoisotopic (exact) mass is 505 g/mol. The van der Waals surface area contributed by atoms with Gasteiger partial charge in [0.25, 0.3) is 5.91 Å². The Morgan fingerprint density at radius 1 is 1.05 bits per heavy atom. The molecule has 2 aliphatic heterocycles. The highest BCUT2D eigenvalue weighted by Crippen LogP contribution is 2.34. The summed E-state index contributed by atoms with van der Waals surface area (Å²) in [5.41, 5.74) is 3.06. The van der Waals surface area contributed by atoms with E-state index in [1.165, 1.54) is 11.0 Å². The number of carbonyl (C=O) groups is 2. The second-order valence-electron chi connectivity index (χ2n) is 9.02. The van der Waals surface area contributed by atoms with Crippen LogP contribution in [0.15, 0.2) is 65.7 Å². The van der Waals surface area contributed by atoms with E-state index >= 15 is 0 Å². The van der Waals surface area contributed by atoms with E-state index in [4.69, 9.17) is 14.5 Å². The number of aliphatic imine (C=N–C) groups is 1. The van der Waals surface area contributed by atoms with Crippen LogP contribution in [0.5, 0.6) is 11.5 Å². The summed E-state index contributed by atoms with van der Waals surface area (Å²) in [7, 11) is 1.63. The lowest BCUT2D eigenvalue weighted by Gasteiger charge is -2.22. The molecule has 3 aromatic rings. The minimum atomic E-state index is -1.19. The summed E-state index contributed by atoms with van der Waals surface area (Å²) in [6.45, 7) is 2.54. The fourth-order valence-electron chi connectivity index (χ4n) is 4.43. The van der Waals surface area contributed by atoms with Gasteiger partial charge in [-0.05, 0) is 48.4 Å². The number of benzene rings is 3. The van der Waals surface area contributed by atoms with Crippen molar-refractivity contribution in [3.8, 4) is 11.5 Å². The van der Waals surface area contributed by atoms with Crippen LogP contribution in [0, 0.1) is 17.6 Å². The number of nitrogens with one attached hydrogen (secondary N) is 1. The molecule has 9 heteroatoms. The van der Waals surface area contributed by atoms with Gasteiger partial charge in [0.1, 0.15) is 13.2 Å². The van der Waals surface area contributed by atoms with Crippen LogP contribution in [0.3, 0.4) is 0 Å². The smallest absolute Gasteiger partial charge is 0.272 e. The lowest BCUT2D eigenvalue weighted by molar-refractivity contribution is -0.129. The SMILES string of the molecule is C[C@@H](Cc1ccc(F)c(F)c1)C(=O)N[C@H]1N=C(c2ccc3c(c2)OCCO3)c2ccccc2N(C)C1=O. The molecule has 0 aromatic heterocycles. The first-order valence-electron chi connectivity index (χ1n) is 11.9. The Kier molecular flexibility index (Phi) is 6.60. The van der Waals surface area contributed by atoms with Crippen LogP contribution in [0.2, 0.25) is 0 Å². The van der Waals surface area contributed by atoms with E-state index in [0.717, 1.165) is 17.7 Å². The summed E-state index contributed by atoms with van der Waals surface area (Å²) in [5.74, 6) is -2.19. The Labute approximate surface area is 212 Å². The topological polar surface area (TPSA) is 80.2 Å². The zero-order chi connectivity index (χ0) is 26.1. The molecular formula is C28H25F2N3O4. The molecule has 0 radical (unpaired) electrons. The number of rotatable bonds is 5. The van der Waals surface area contributed by atoms with E-state index in [1.807, 2.05) is 36.4 Å². The van der Waals surface area contributed by atoms with E-state index in [-0.39, 0.29) is 6.42 Å².